The average molecular weight is 364 g/mol. The summed E-state index contributed by atoms with van der Waals surface area (Å²) in [5.41, 5.74) is 1.28. The summed E-state index contributed by atoms with van der Waals surface area (Å²) in [6.07, 6.45) is -0.781. The van der Waals surface area contributed by atoms with Crippen LogP contribution in [0.3, 0.4) is 0 Å². The molecular formula is C16H14BrNO4. The summed E-state index contributed by atoms with van der Waals surface area (Å²) in [7, 11) is 0. The van der Waals surface area contributed by atoms with E-state index in [1.807, 2.05) is 30.3 Å². The van der Waals surface area contributed by atoms with Gasteiger partial charge in [0, 0.05) is 4.47 Å². The number of carboxylic acids is 1. The summed E-state index contributed by atoms with van der Waals surface area (Å²) >= 11 is 3.27. The number of halogens is 1. The fraction of sp³-hybridized carbons (Fsp3) is 0.125. The number of hydrogen-bond acceptors (Lipinski definition) is 3. The number of amides is 1. The maximum Gasteiger partial charge on any atom is 0.408 e. The zero-order valence-corrected chi connectivity index (χ0v) is 13.1. The number of rotatable bonds is 5. The van der Waals surface area contributed by atoms with E-state index >= 15 is 0 Å². The Morgan fingerprint density at radius 1 is 1.14 bits per heavy atom. The fourth-order valence-electron chi connectivity index (χ4n) is 1.86. The number of carbonyl (C=O) groups is 2. The second-order valence-electron chi connectivity index (χ2n) is 4.53. The van der Waals surface area contributed by atoms with Crippen LogP contribution >= 0.6 is 15.9 Å². The van der Waals surface area contributed by atoms with E-state index in [4.69, 9.17) is 4.74 Å². The van der Waals surface area contributed by atoms with Gasteiger partial charge in [-0.1, -0.05) is 58.4 Å². The molecule has 1 atom stereocenters. The minimum Gasteiger partial charge on any atom is -0.479 e. The maximum absolute atomic E-state index is 11.8. The second kappa shape index (κ2) is 7.61. The number of benzene rings is 2. The van der Waals surface area contributed by atoms with Gasteiger partial charge >= 0.3 is 12.1 Å². The average Bonchev–Trinajstić information content (AvgIpc) is 2.51. The Morgan fingerprint density at radius 3 is 2.50 bits per heavy atom. The van der Waals surface area contributed by atoms with Gasteiger partial charge in [-0.15, -0.1) is 0 Å². The number of aliphatic carboxylic acids is 1. The quantitative estimate of drug-likeness (QED) is 0.852. The van der Waals surface area contributed by atoms with E-state index in [-0.39, 0.29) is 6.61 Å². The van der Waals surface area contributed by atoms with Gasteiger partial charge in [-0.25, -0.2) is 9.59 Å². The molecule has 0 aliphatic heterocycles. The van der Waals surface area contributed by atoms with Crippen molar-refractivity contribution in [2.45, 2.75) is 12.6 Å². The highest BCUT2D eigenvalue weighted by Gasteiger charge is 2.22. The lowest BCUT2D eigenvalue weighted by atomic mass is 10.1. The molecule has 2 aromatic carbocycles. The molecule has 0 saturated heterocycles. The first-order valence-corrected chi connectivity index (χ1v) is 7.31. The SMILES string of the molecule is O=C(NC(C(=O)O)c1cccc(Br)c1)OCc1ccccc1. The van der Waals surface area contributed by atoms with Gasteiger partial charge in [0.05, 0.1) is 0 Å². The Labute approximate surface area is 136 Å². The van der Waals surface area contributed by atoms with Crippen molar-refractivity contribution in [3.63, 3.8) is 0 Å². The lowest BCUT2D eigenvalue weighted by Crippen LogP contribution is -2.34. The van der Waals surface area contributed by atoms with E-state index < -0.39 is 18.1 Å². The minimum absolute atomic E-state index is 0.0808. The third-order valence-electron chi connectivity index (χ3n) is 2.90. The largest absolute Gasteiger partial charge is 0.479 e. The minimum atomic E-state index is -1.17. The summed E-state index contributed by atoms with van der Waals surface area (Å²) in [6, 6.07) is 14.7. The first kappa shape index (κ1) is 16.0. The molecule has 1 unspecified atom stereocenters. The highest BCUT2D eigenvalue weighted by molar-refractivity contribution is 9.10. The lowest BCUT2D eigenvalue weighted by molar-refractivity contribution is -0.139. The summed E-state index contributed by atoms with van der Waals surface area (Å²) in [5.74, 6) is -1.16. The van der Waals surface area contributed by atoms with Gasteiger partial charge in [-0.05, 0) is 23.3 Å². The van der Waals surface area contributed by atoms with E-state index in [1.165, 1.54) is 0 Å². The monoisotopic (exact) mass is 363 g/mol. The van der Waals surface area contributed by atoms with Crippen molar-refractivity contribution in [2.75, 3.05) is 0 Å². The van der Waals surface area contributed by atoms with Gasteiger partial charge in [-0.2, -0.15) is 0 Å². The van der Waals surface area contributed by atoms with Gasteiger partial charge in [0.1, 0.15) is 6.61 Å². The Balaban J connectivity index is 1.99. The normalized spacial score (nSPS) is 11.5. The van der Waals surface area contributed by atoms with E-state index in [0.29, 0.717) is 5.56 Å². The Morgan fingerprint density at radius 2 is 1.86 bits per heavy atom. The summed E-state index contributed by atoms with van der Waals surface area (Å²) < 4.78 is 5.77. The molecule has 5 nitrogen and oxygen atoms in total. The zero-order chi connectivity index (χ0) is 15.9. The lowest BCUT2D eigenvalue weighted by Gasteiger charge is -2.15. The molecular weight excluding hydrogens is 350 g/mol. The summed E-state index contributed by atoms with van der Waals surface area (Å²) in [4.78, 5) is 23.1. The highest BCUT2D eigenvalue weighted by atomic mass is 79.9. The third-order valence-corrected chi connectivity index (χ3v) is 3.40. The molecule has 22 heavy (non-hydrogen) atoms. The molecule has 0 spiro atoms. The molecule has 0 aromatic heterocycles. The molecule has 0 aliphatic carbocycles. The second-order valence-corrected chi connectivity index (χ2v) is 5.45. The molecule has 2 N–H and O–H groups in total. The van der Waals surface area contributed by atoms with Crippen LogP contribution in [0.5, 0.6) is 0 Å². The first-order chi connectivity index (χ1) is 10.6. The number of hydrogen-bond donors (Lipinski definition) is 2. The number of alkyl carbamates (subject to hydrolysis) is 1. The highest BCUT2D eigenvalue weighted by Crippen LogP contribution is 2.18. The van der Waals surface area contributed by atoms with Crippen molar-refractivity contribution >= 4 is 28.0 Å². The Hall–Kier alpha value is -2.34. The topological polar surface area (TPSA) is 75.6 Å². The standard InChI is InChI=1S/C16H14BrNO4/c17-13-8-4-7-12(9-13)14(15(19)20)18-16(21)22-10-11-5-2-1-3-6-11/h1-9,14H,10H2,(H,18,21)(H,19,20). The molecule has 0 bridgehead atoms. The number of carboxylic acid groups (broad SMARTS) is 1. The molecule has 1 amide bonds. The van der Waals surface area contributed by atoms with Crippen LogP contribution in [0.2, 0.25) is 0 Å². The number of ether oxygens (including phenoxy) is 1. The Bertz CT molecular complexity index is 660. The molecule has 0 aliphatic rings. The van der Waals surface area contributed by atoms with Crippen LogP contribution in [0.25, 0.3) is 0 Å². The molecule has 0 fully saturated rings. The fourth-order valence-corrected chi connectivity index (χ4v) is 2.27. The van der Waals surface area contributed by atoms with Crippen LogP contribution in [0, 0.1) is 0 Å². The third kappa shape index (κ3) is 4.60. The van der Waals surface area contributed by atoms with Crippen molar-refractivity contribution in [3.05, 3.63) is 70.2 Å². The van der Waals surface area contributed by atoms with Crippen molar-refractivity contribution in [1.82, 2.24) is 5.32 Å². The van der Waals surface area contributed by atoms with Crippen LogP contribution in [0.1, 0.15) is 17.2 Å². The van der Waals surface area contributed by atoms with Crippen LogP contribution in [-0.2, 0) is 16.1 Å². The Kier molecular flexibility index (Phi) is 5.55. The predicted octanol–water partition coefficient (Wildman–Crippen LogP) is 3.50. The maximum atomic E-state index is 11.8. The van der Waals surface area contributed by atoms with Crippen LogP contribution in [-0.4, -0.2) is 17.2 Å². The van der Waals surface area contributed by atoms with Crippen molar-refractivity contribution in [3.8, 4) is 0 Å². The first-order valence-electron chi connectivity index (χ1n) is 6.52. The molecule has 114 valence electrons. The number of nitrogens with one attached hydrogen (secondary N) is 1. The van der Waals surface area contributed by atoms with Gasteiger partial charge in [0.15, 0.2) is 6.04 Å². The van der Waals surface area contributed by atoms with Crippen molar-refractivity contribution in [2.24, 2.45) is 0 Å². The van der Waals surface area contributed by atoms with Crippen LogP contribution in [0.15, 0.2) is 59.1 Å². The molecule has 2 rings (SSSR count). The van der Waals surface area contributed by atoms with E-state index in [2.05, 4.69) is 21.2 Å². The van der Waals surface area contributed by atoms with Gasteiger partial charge in [0.25, 0.3) is 0 Å². The smallest absolute Gasteiger partial charge is 0.408 e. The van der Waals surface area contributed by atoms with Gasteiger partial charge in [-0.3, -0.25) is 0 Å². The molecule has 0 radical (unpaired) electrons. The molecule has 6 heteroatoms. The molecule has 0 heterocycles. The molecule has 2 aromatic rings. The predicted molar refractivity (Wildman–Crippen MR) is 84.3 cm³/mol. The van der Waals surface area contributed by atoms with Crippen molar-refractivity contribution in [1.29, 1.82) is 0 Å². The number of carbonyl (C=O) groups excluding carboxylic acids is 1. The van der Waals surface area contributed by atoms with Gasteiger partial charge < -0.3 is 15.2 Å². The van der Waals surface area contributed by atoms with E-state index in [1.54, 1.807) is 24.3 Å². The zero-order valence-electron chi connectivity index (χ0n) is 11.5. The van der Waals surface area contributed by atoms with Crippen LogP contribution < -0.4 is 5.32 Å². The molecule has 0 saturated carbocycles. The summed E-state index contributed by atoms with van der Waals surface area (Å²) in [6.45, 7) is 0.0808. The van der Waals surface area contributed by atoms with Gasteiger partial charge in [0.2, 0.25) is 0 Å². The van der Waals surface area contributed by atoms with Crippen LogP contribution in [0.4, 0.5) is 4.79 Å². The van der Waals surface area contributed by atoms with Crippen molar-refractivity contribution < 1.29 is 19.4 Å². The summed E-state index contributed by atoms with van der Waals surface area (Å²) in [5, 5.41) is 11.6. The van der Waals surface area contributed by atoms with E-state index in [0.717, 1.165) is 10.0 Å². The van der Waals surface area contributed by atoms with E-state index in [9.17, 15) is 14.7 Å².